The molecule has 2 nitrogen and oxygen atoms in total. The molecule has 0 spiro atoms. The molecule has 0 atom stereocenters. The predicted molar refractivity (Wildman–Crippen MR) is 58.7 cm³/mol. The number of hydrogen-bond donors (Lipinski definition) is 2. The number of hydrogen-bond acceptors (Lipinski definition) is 2. The molecule has 0 radical (unpaired) electrons. The van der Waals surface area contributed by atoms with Gasteiger partial charge in [-0.2, -0.15) is 0 Å². The van der Waals surface area contributed by atoms with Gasteiger partial charge in [-0.25, -0.2) is 0 Å². The SMILES string of the molecule is CCC=CC[Si](O)(O)CC=CCC. The smallest absolute Gasteiger partial charge is 0.340 e. The van der Waals surface area contributed by atoms with Crippen LogP contribution < -0.4 is 0 Å². The van der Waals surface area contributed by atoms with Gasteiger partial charge in [0.1, 0.15) is 0 Å². The number of allylic oxidation sites excluding steroid dienone is 4. The van der Waals surface area contributed by atoms with Crippen LogP contribution in [0.5, 0.6) is 0 Å². The fourth-order valence-corrected chi connectivity index (χ4v) is 2.22. The lowest BCUT2D eigenvalue weighted by Crippen LogP contribution is -2.32. The summed E-state index contributed by atoms with van der Waals surface area (Å²) in [5.41, 5.74) is 0. The Labute approximate surface area is 81.9 Å². The predicted octanol–water partition coefficient (Wildman–Crippen LogP) is 2.35. The molecular weight excluding hydrogens is 180 g/mol. The Kier molecular flexibility index (Phi) is 6.85. The van der Waals surface area contributed by atoms with Gasteiger partial charge in [-0.05, 0) is 12.8 Å². The summed E-state index contributed by atoms with van der Waals surface area (Å²) in [6, 6.07) is 0.879. The summed E-state index contributed by atoms with van der Waals surface area (Å²) in [4.78, 5) is 19.1. The number of rotatable bonds is 6. The fraction of sp³-hybridized carbons (Fsp3) is 0.600. The molecule has 0 unspecified atom stereocenters. The van der Waals surface area contributed by atoms with Crippen LogP contribution in [0.4, 0.5) is 0 Å². The lowest BCUT2D eigenvalue weighted by atomic mass is 10.4. The monoisotopic (exact) mass is 200 g/mol. The molecule has 0 aliphatic heterocycles. The van der Waals surface area contributed by atoms with E-state index in [9.17, 15) is 9.59 Å². The molecule has 0 aromatic carbocycles. The van der Waals surface area contributed by atoms with E-state index in [1.165, 1.54) is 0 Å². The van der Waals surface area contributed by atoms with E-state index in [2.05, 4.69) is 0 Å². The molecule has 0 aromatic rings. The molecule has 3 heteroatoms. The lowest BCUT2D eigenvalue weighted by molar-refractivity contribution is 0.369. The van der Waals surface area contributed by atoms with E-state index in [4.69, 9.17) is 0 Å². The molecule has 0 amide bonds. The van der Waals surface area contributed by atoms with Crippen molar-refractivity contribution in [2.24, 2.45) is 0 Å². The van der Waals surface area contributed by atoms with E-state index >= 15 is 0 Å². The van der Waals surface area contributed by atoms with Crippen molar-refractivity contribution in [2.75, 3.05) is 0 Å². The highest BCUT2D eigenvalue weighted by molar-refractivity contribution is 6.65. The lowest BCUT2D eigenvalue weighted by Gasteiger charge is -2.12. The molecule has 13 heavy (non-hydrogen) atoms. The normalized spacial score (nSPS) is 13.2. The molecule has 0 aliphatic rings. The van der Waals surface area contributed by atoms with E-state index < -0.39 is 8.56 Å². The second-order valence-electron chi connectivity index (χ2n) is 3.15. The van der Waals surface area contributed by atoms with E-state index in [1.54, 1.807) is 0 Å². The van der Waals surface area contributed by atoms with Gasteiger partial charge in [0, 0.05) is 12.1 Å². The summed E-state index contributed by atoms with van der Waals surface area (Å²) < 4.78 is 0. The largest absolute Gasteiger partial charge is 0.410 e. The van der Waals surface area contributed by atoms with Crippen LogP contribution in [0.2, 0.25) is 12.1 Å². The van der Waals surface area contributed by atoms with Crippen molar-refractivity contribution in [3.8, 4) is 0 Å². The van der Waals surface area contributed by atoms with E-state index in [-0.39, 0.29) is 0 Å². The van der Waals surface area contributed by atoms with E-state index in [0.717, 1.165) is 12.8 Å². The van der Waals surface area contributed by atoms with Crippen molar-refractivity contribution in [1.29, 1.82) is 0 Å². The van der Waals surface area contributed by atoms with Gasteiger partial charge >= 0.3 is 8.56 Å². The molecule has 0 aliphatic carbocycles. The van der Waals surface area contributed by atoms with Crippen LogP contribution in [0, 0.1) is 0 Å². The Morgan fingerprint density at radius 3 is 1.54 bits per heavy atom. The highest BCUT2D eigenvalue weighted by atomic mass is 28.4. The van der Waals surface area contributed by atoms with Crippen LogP contribution in [0.15, 0.2) is 24.3 Å². The maximum atomic E-state index is 9.56. The third kappa shape index (κ3) is 7.96. The van der Waals surface area contributed by atoms with Gasteiger partial charge in [0.25, 0.3) is 0 Å². The second kappa shape index (κ2) is 7.06. The zero-order valence-corrected chi connectivity index (χ0v) is 9.53. The fourth-order valence-electron chi connectivity index (χ4n) is 0.961. The molecular formula is C10H20O2Si. The molecule has 0 rings (SSSR count). The van der Waals surface area contributed by atoms with Gasteiger partial charge in [-0.1, -0.05) is 38.2 Å². The first-order chi connectivity index (χ1) is 6.12. The van der Waals surface area contributed by atoms with Crippen molar-refractivity contribution in [3.63, 3.8) is 0 Å². The third-order valence-electron chi connectivity index (χ3n) is 1.69. The van der Waals surface area contributed by atoms with Gasteiger partial charge in [-0.15, -0.1) is 0 Å². The van der Waals surface area contributed by atoms with Gasteiger partial charge in [0.05, 0.1) is 0 Å². The molecule has 0 saturated heterocycles. The first kappa shape index (κ1) is 12.6. The van der Waals surface area contributed by atoms with Crippen molar-refractivity contribution in [1.82, 2.24) is 0 Å². The van der Waals surface area contributed by atoms with Gasteiger partial charge in [0.15, 0.2) is 0 Å². The van der Waals surface area contributed by atoms with Crippen LogP contribution >= 0.6 is 0 Å². The first-order valence-electron chi connectivity index (χ1n) is 4.87. The van der Waals surface area contributed by atoms with Gasteiger partial charge in [0.2, 0.25) is 0 Å². The zero-order chi connectivity index (χ0) is 10.2. The standard InChI is InChI=1S/C10H20O2Si/c1-3-5-7-9-13(11,12)10-8-6-4-2/h5-8,11-12H,3-4,9-10H2,1-2H3. The Balaban J connectivity index is 3.78. The maximum absolute atomic E-state index is 9.56. The molecule has 2 N–H and O–H groups in total. The average molecular weight is 200 g/mol. The summed E-state index contributed by atoms with van der Waals surface area (Å²) in [5, 5.41) is 0. The Morgan fingerprint density at radius 2 is 1.23 bits per heavy atom. The van der Waals surface area contributed by atoms with Crippen LogP contribution in [-0.2, 0) is 0 Å². The molecule has 76 valence electrons. The molecule has 0 bridgehead atoms. The third-order valence-corrected chi connectivity index (χ3v) is 3.47. The highest BCUT2D eigenvalue weighted by Gasteiger charge is 2.25. The van der Waals surface area contributed by atoms with Gasteiger partial charge < -0.3 is 9.59 Å². The average Bonchev–Trinajstić information content (AvgIpc) is 2.05. The highest BCUT2D eigenvalue weighted by Crippen LogP contribution is 2.10. The molecule has 0 aromatic heterocycles. The minimum absolute atomic E-state index is 0.439. The minimum Gasteiger partial charge on any atom is -0.410 e. The van der Waals surface area contributed by atoms with Crippen molar-refractivity contribution < 1.29 is 9.59 Å². The molecule has 0 heterocycles. The Morgan fingerprint density at radius 1 is 0.846 bits per heavy atom. The first-order valence-corrected chi connectivity index (χ1v) is 7.18. The van der Waals surface area contributed by atoms with E-state index in [0.29, 0.717) is 12.1 Å². The maximum Gasteiger partial charge on any atom is 0.340 e. The van der Waals surface area contributed by atoms with Crippen molar-refractivity contribution in [2.45, 2.75) is 38.8 Å². The zero-order valence-electron chi connectivity index (χ0n) is 8.53. The van der Waals surface area contributed by atoms with Crippen LogP contribution in [0.25, 0.3) is 0 Å². The summed E-state index contributed by atoms with van der Waals surface area (Å²) in [7, 11) is -2.95. The Bertz CT molecular complexity index is 156. The van der Waals surface area contributed by atoms with Gasteiger partial charge in [-0.3, -0.25) is 0 Å². The van der Waals surface area contributed by atoms with Crippen LogP contribution in [-0.4, -0.2) is 18.2 Å². The second-order valence-corrected chi connectivity index (χ2v) is 5.93. The van der Waals surface area contributed by atoms with Crippen LogP contribution in [0.1, 0.15) is 26.7 Å². The van der Waals surface area contributed by atoms with Crippen LogP contribution in [0.3, 0.4) is 0 Å². The molecule has 0 saturated carbocycles. The van der Waals surface area contributed by atoms with Crippen molar-refractivity contribution >= 4 is 8.56 Å². The Hall–Kier alpha value is -0.383. The van der Waals surface area contributed by atoms with E-state index in [1.807, 2.05) is 38.2 Å². The summed E-state index contributed by atoms with van der Waals surface area (Å²) in [6.45, 7) is 4.07. The quantitative estimate of drug-likeness (QED) is 0.510. The molecule has 0 fully saturated rings. The topological polar surface area (TPSA) is 40.5 Å². The summed E-state index contributed by atoms with van der Waals surface area (Å²) >= 11 is 0. The van der Waals surface area contributed by atoms with Crippen molar-refractivity contribution in [3.05, 3.63) is 24.3 Å². The summed E-state index contributed by atoms with van der Waals surface area (Å²) in [6.07, 6.45) is 9.58. The minimum atomic E-state index is -2.95. The summed E-state index contributed by atoms with van der Waals surface area (Å²) in [5.74, 6) is 0.